The van der Waals surface area contributed by atoms with E-state index in [2.05, 4.69) is 22.1 Å². The van der Waals surface area contributed by atoms with Gasteiger partial charge in [-0.15, -0.1) is 0 Å². The Labute approximate surface area is 104 Å². The lowest BCUT2D eigenvalue weighted by atomic mass is 10.1. The van der Waals surface area contributed by atoms with Crippen LogP contribution < -0.4 is 5.32 Å². The number of hydrogen-bond acceptors (Lipinski definition) is 3. The van der Waals surface area contributed by atoms with E-state index >= 15 is 0 Å². The smallest absolute Gasteiger partial charge is 0.194 e. The van der Waals surface area contributed by atoms with Crippen molar-refractivity contribution in [2.45, 2.75) is 13.3 Å². The molecule has 5 nitrogen and oxygen atoms in total. The summed E-state index contributed by atoms with van der Waals surface area (Å²) in [5, 5.41) is 3.33. The molecule has 100 valence electrons. The molecule has 1 unspecified atom stereocenters. The summed E-state index contributed by atoms with van der Waals surface area (Å²) in [6.45, 7) is 7.31. The quantitative estimate of drug-likeness (QED) is 0.421. The molecule has 1 rings (SSSR count). The molecule has 0 aliphatic carbocycles. The van der Waals surface area contributed by atoms with Crippen LogP contribution in [0, 0.1) is 5.92 Å². The van der Waals surface area contributed by atoms with Gasteiger partial charge < -0.3 is 19.7 Å². The Morgan fingerprint density at radius 2 is 2.24 bits per heavy atom. The first-order chi connectivity index (χ1) is 8.31. The fourth-order valence-corrected chi connectivity index (χ4v) is 2.07. The SMILES string of the molecule is CCNC(=NCCOC)N1CCC(COC)C1. The van der Waals surface area contributed by atoms with E-state index in [1.54, 1.807) is 14.2 Å². The van der Waals surface area contributed by atoms with Gasteiger partial charge in [-0.3, -0.25) is 4.99 Å². The van der Waals surface area contributed by atoms with Gasteiger partial charge in [0.1, 0.15) is 0 Å². The Morgan fingerprint density at radius 3 is 2.88 bits per heavy atom. The normalized spacial score (nSPS) is 21.0. The van der Waals surface area contributed by atoms with E-state index in [1.807, 2.05) is 0 Å². The van der Waals surface area contributed by atoms with Gasteiger partial charge in [-0.1, -0.05) is 0 Å². The number of ether oxygens (including phenoxy) is 2. The van der Waals surface area contributed by atoms with Crippen LogP contribution in [0.3, 0.4) is 0 Å². The van der Waals surface area contributed by atoms with Crippen molar-refractivity contribution >= 4 is 5.96 Å². The van der Waals surface area contributed by atoms with E-state index in [-0.39, 0.29) is 0 Å². The Morgan fingerprint density at radius 1 is 1.41 bits per heavy atom. The van der Waals surface area contributed by atoms with Crippen molar-refractivity contribution in [2.75, 3.05) is 53.6 Å². The summed E-state index contributed by atoms with van der Waals surface area (Å²) in [6.07, 6.45) is 1.18. The second kappa shape index (κ2) is 8.31. The number of nitrogens with one attached hydrogen (secondary N) is 1. The van der Waals surface area contributed by atoms with Gasteiger partial charge in [0, 0.05) is 39.8 Å². The number of likely N-dealkylation sites (tertiary alicyclic amines) is 1. The second-order valence-electron chi connectivity index (χ2n) is 4.28. The summed E-state index contributed by atoms with van der Waals surface area (Å²) in [4.78, 5) is 6.85. The molecule has 0 saturated carbocycles. The molecule has 1 heterocycles. The van der Waals surface area contributed by atoms with Crippen molar-refractivity contribution in [2.24, 2.45) is 10.9 Å². The maximum Gasteiger partial charge on any atom is 0.194 e. The van der Waals surface area contributed by atoms with Gasteiger partial charge in [0.05, 0.1) is 19.8 Å². The fraction of sp³-hybridized carbons (Fsp3) is 0.917. The largest absolute Gasteiger partial charge is 0.384 e. The van der Waals surface area contributed by atoms with E-state index in [1.165, 1.54) is 6.42 Å². The van der Waals surface area contributed by atoms with E-state index < -0.39 is 0 Å². The summed E-state index contributed by atoms with van der Waals surface area (Å²) in [5.74, 6) is 1.63. The van der Waals surface area contributed by atoms with Gasteiger partial charge in [-0.25, -0.2) is 0 Å². The summed E-state index contributed by atoms with van der Waals surface area (Å²) >= 11 is 0. The first kappa shape index (κ1) is 14.3. The highest BCUT2D eigenvalue weighted by atomic mass is 16.5. The number of hydrogen-bond donors (Lipinski definition) is 1. The Hall–Kier alpha value is -0.810. The minimum Gasteiger partial charge on any atom is -0.384 e. The van der Waals surface area contributed by atoms with Crippen LogP contribution in [0.2, 0.25) is 0 Å². The molecule has 5 heteroatoms. The third kappa shape index (κ3) is 4.91. The molecular formula is C12H25N3O2. The van der Waals surface area contributed by atoms with E-state index in [9.17, 15) is 0 Å². The van der Waals surface area contributed by atoms with Crippen LogP contribution in [0.15, 0.2) is 4.99 Å². The van der Waals surface area contributed by atoms with Crippen molar-refractivity contribution in [3.05, 3.63) is 0 Å². The molecule has 1 aliphatic rings. The van der Waals surface area contributed by atoms with Crippen LogP contribution in [0.4, 0.5) is 0 Å². The first-order valence-corrected chi connectivity index (χ1v) is 6.33. The summed E-state index contributed by atoms with van der Waals surface area (Å²) < 4.78 is 10.2. The molecule has 1 N–H and O–H groups in total. The minimum absolute atomic E-state index is 0.631. The van der Waals surface area contributed by atoms with Crippen molar-refractivity contribution < 1.29 is 9.47 Å². The zero-order chi connectivity index (χ0) is 12.5. The standard InChI is InChI=1S/C12H25N3O2/c1-4-13-12(14-6-8-16-2)15-7-5-11(9-15)10-17-3/h11H,4-10H2,1-3H3,(H,13,14). The fourth-order valence-electron chi connectivity index (χ4n) is 2.07. The molecule has 0 aromatic heterocycles. The molecule has 0 spiro atoms. The Kier molecular flexibility index (Phi) is 6.96. The molecule has 1 fully saturated rings. The monoisotopic (exact) mass is 243 g/mol. The van der Waals surface area contributed by atoms with Crippen molar-refractivity contribution in [3.8, 4) is 0 Å². The first-order valence-electron chi connectivity index (χ1n) is 6.33. The zero-order valence-electron chi connectivity index (χ0n) is 11.2. The van der Waals surface area contributed by atoms with E-state index in [4.69, 9.17) is 9.47 Å². The molecule has 1 atom stereocenters. The molecular weight excluding hydrogens is 218 g/mol. The van der Waals surface area contributed by atoms with Crippen molar-refractivity contribution in [1.29, 1.82) is 0 Å². The van der Waals surface area contributed by atoms with Crippen molar-refractivity contribution in [1.82, 2.24) is 10.2 Å². The average Bonchev–Trinajstić information content (AvgIpc) is 2.77. The molecule has 1 aliphatic heterocycles. The minimum atomic E-state index is 0.631. The van der Waals surface area contributed by atoms with Crippen LogP contribution in [0.1, 0.15) is 13.3 Å². The van der Waals surface area contributed by atoms with Crippen LogP contribution in [-0.2, 0) is 9.47 Å². The topological polar surface area (TPSA) is 46.1 Å². The summed E-state index contributed by atoms with van der Waals surface area (Å²) in [6, 6.07) is 0. The lowest BCUT2D eigenvalue weighted by molar-refractivity contribution is 0.157. The third-order valence-electron chi connectivity index (χ3n) is 2.88. The highest BCUT2D eigenvalue weighted by molar-refractivity contribution is 5.80. The number of methoxy groups -OCH3 is 2. The maximum absolute atomic E-state index is 5.21. The molecule has 0 amide bonds. The molecule has 17 heavy (non-hydrogen) atoms. The summed E-state index contributed by atoms with van der Waals surface area (Å²) in [5.41, 5.74) is 0. The lowest BCUT2D eigenvalue weighted by Crippen LogP contribution is -2.40. The van der Waals surface area contributed by atoms with Gasteiger partial charge >= 0.3 is 0 Å². The number of nitrogens with zero attached hydrogens (tertiary/aromatic N) is 2. The van der Waals surface area contributed by atoms with Gasteiger partial charge in [0.2, 0.25) is 0 Å². The predicted octanol–water partition coefficient (Wildman–Crippen LogP) is 0.567. The second-order valence-corrected chi connectivity index (χ2v) is 4.28. The van der Waals surface area contributed by atoms with Crippen LogP contribution in [0.25, 0.3) is 0 Å². The highest BCUT2D eigenvalue weighted by Gasteiger charge is 2.24. The van der Waals surface area contributed by atoms with Gasteiger partial charge in [0.25, 0.3) is 0 Å². The van der Waals surface area contributed by atoms with Gasteiger partial charge in [0.15, 0.2) is 5.96 Å². The molecule has 0 bridgehead atoms. The third-order valence-corrected chi connectivity index (χ3v) is 2.88. The number of guanidine groups is 1. The van der Waals surface area contributed by atoms with E-state index in [0.717, 1.165) is 32.2 Å². The molecule has 1 saturated heterocycles. The van der Waals surface area contributed by atoms with Gasteiger partial charge in [-0.2, -0.15) is 0 Å². The van der Waals surface area contributed by atoms with Gasteiger partial charge in [-0.05, 0) is 13.3 Å². The zero-order valence-corrected chi connectivity index (χ0v) is 11.2. The van der Waals surface area contributed by atoms with Crippen LogP contribution in [-0.4, -0.2) is 64.5 Å². The molecule has 0 radical (unpaired) electrons. The highest BCUT2D eigenvalue weighted by Crippen LogP contribution is 2.16. The molecule has 0 aromatic carbocycles. The predicted molar refractivity (Wildman–Crippen MR) is 69.4 cm³/mol. The van der Waals surface area contributed by atoms with Crippen LogP contribution in [0.5, 0.6) is 0 Å². The van der Waals surface area contributed by atoms with E-state index in [0.29, 0.717) is 19.1 Å². The Bertz CT molecular complexity index is 234. The lowest BCUT2D eigenvalue weighted by Gasteiger charge is -2.21. The number of aliphatic imine (C=N–C) groups is 1. The van der Waals surface area contributed by atoms with Crippen molar-refractivity contribution in [3.63, 3.8) is 0 Å². The number of rotatable bonds is 6. The van der Waals surface area contributed by atoms with Crippen LogP contribution >= 0.6 is 0 Å². The maximum atomic E-state index is 5.21. The average molecular weight is 243 g/mol. The Balaban J connectivity index is 2.44. The molecule has 0 aromatic rings. The summed E-state index contributed by atoms with van der Waals surface area (Å²) in [7, 11) is 3.47.